The summed E-state index contributed by atoms with van der Waals surface area (Å²) in [5.41, 5.74) is -1.92. The molecule has 20 heavy (non-hydrogen) atoms. The van der Waals surface area contributed by atoms with Gasteiger partial charge in [0.2, 0.25) is 0 Å². The van der Waals surface area contributed by atoms with Crippen molar-refractivity contribution in [1.82, 2.24) is 4.90 Å². The first kappa shape index (κ1) is 15.6. The highest BCUT2D eigenvalue weighted by molar-refractivity contribution is 5.68. The summed E-state index contributed by atoms with van der Waals surface area (Å²) in [5.74, 6) is 0. The number of carbonyl (C=O) groups is 1. The molecule has 1 atom stereocenters. The molecule has 0 aromatic carbocycles. The van der Waals surface area contributed by atoms with Gasteiger partial charge in [0.05, 0.1) is 12.2 Å². The molecule has 116 valence electrons. The molecule has 1 saturated carbocycles. The van der Waals surface area contributed by atoms with Crippen LogP contribution in [0.5, 0.6) is 0 Å². The Hall–Kier alpha value is -0.810. The second-order valence-electron chi connectivity index (χ2n) is 7.33. The van der Waals surface area contributed by atoms with E-state index in [9.17, 15) is 15.0 Å². The van der Waals surface area contributed by atoms with Gasteiger partial charge in [0, 0.05) is 18.5 Å². The fraction of sp³-hybridized carbons (Fsp3) is 0.933. The van der Waals surface area contributed by atoms with Crippen molar-refractivity contribution in [2.75, 3.05) is 19.7 Å². The van der Waals surface area contributed by atoms with Crippen molar-refractivity contribution in [3.8, 4) is 0 Å². The minimum atomic E-state index is -0.817. The second kappa shape index (κ2) is 5.19. The van der Waals surface area contributed by atoms with Crippen LogP contribution in [0.4, 0.5) is 4.79 Å². The van der Waals surface area contributed by atoms with Crippen molar-refractivity contribution in [2.45, 2.75) is 64.1 Å². The number of amides is 1. The highest BCUT2D eigenvalue weighted by atomic mass is 16.6. The summed E-state index contributed by atoms with van der Waals surface area (Å²) in [7, 11) is 0. The fourth-order valence-electron chi connectivity index (χ4n) is 3.31. The summed E-state index contributed by atoms with van der Waals surface area (Å²) >= 11 is 0. The van der Waals surface area contributed by atoms with Crippen LogP contribution in [0.15, 0.2) is 0 Å². The lowest BCUT2D eigenvalue weighted by molar-refractivity contribution is -0.178. The van der Waals surface area contributed by atoms with E-state index in [0.717, 1.165) is 32.1 Å². The number of hydrogen-bond acceptors (Lipinski definition) is 4. The van der Waals surface area contributed by atoms with Crippen molar-refractivity contribution in [3.05, 3.63) is 0 Å². The third-order valence-corrected chi connectivity index (χ3v) is 4.70. The number of aliphatic hydroxyl groups excluding tert-OH is 1. The van der Waals surface area contributed by atoms with E-state index in [2.05, 4.69) is 0 Å². The van der Waals surface area contributed by atoms with Crippen LogP contribution in [0.2, 0.25) is 0 Å². The van der Waals surface area contributed by atoms with Crippen LogP contribution in [0.1, 0.15) is 52.9 Å². The molecule has 0 spiro atoms. The normalized spacial score (nSPS) is 29.8. The molecule has 1 amide bonds. The SMILES string of the molecule is CC(C)(C)OC(=O)N1CCCC(CO)(C2(O)CCC2)C1. The Morgan fingerprint density at radius 1 is 1.25 bits per heavy atom. The number of hydrogen-bond donors (Lipinski definition) is 2. The van der Waals surface area contributed by atoms with Crippen molar-refractivity contribution < 1.29 is 19.7 Å². The molecule has 0 aromatic rings. The molecular formula is C15H27NO4. The molecule has 1 unspecified atom stereocenters. The van der Waals surface area contributed by atoms with Crippen molar-refractivity contribution in [2.24, 2.45) is 5.41 Å². The molecular weight excluding hydrogens is 258 g/mol. The summed E-state index contributed by atoms with van der Waals surface area (Å²) in [4.78, 5) is 13.8. The van der Waals surface area contributed by atoms with Crippen LogP contribution >= 0.6 is 0 Å². The zero-order valence-corrected chi connectivity index (χ0v) is 12.8. The number of rotatable bonds is 2. The minimum absolute atomic E-state index is 0.0806. The van der Waals surface area contributed by atoms with E-state index in [1.54, 1.807) is 4.90 Å². The molecule has 2 rings (SSSR count). The van der Waals surface area contributed by atoms with Gasteiger partial charge in [0.25, 0.3) is 0 Å². The number of aliphatic hydroxyl groups is 2. The van der Waals surface area contributed by atoms with Crippen molar-refractivity contribution >= 4 is 6.09 Å². The Labute approximate surface area is 120 Å². The highest BCUT2D eigenvalue weighted by Gasteiger charge is 2.55. The number of ether oxygens (including phenoxy) is 1. The van der Waals surface area contributed by atoms with Gasteiger partial charge in [0.1, 0.15) is 5.60 Å². The molecule has 2 fully saturated rings. The average Bonchev–Trinajstić information content (AvgIpc) is 2.33. The highest BCUT2D eigenvalue weighted by Crippen LogP contribution is 2.50. The Morgan fingerprint density at radius 2 is 1.90 bits per heavy atom. The van der Waals surface area contributed by atoms with Crippen LogP contribution in [0, 0.1) is 5.41 Å². The molecule has 2 N–H and O–H groups in total. The minimum Gasteiger partial charge on any atom is -0.444 e. The van der Waals surface area contributed by atoms with Crippen LogP contribution in [0.25, 0.3) is 0 Å². The third kappa shape index (κ3) is 2.79. The van der Waals surface area contributed by atoms with Gasteiger partial charge >= 0.3 is 6.09 Å². The Morgan fingerprint density at radius 3 is 2.35 bits per heavy atom. The van der Waals surface area contributed by atoms with E-state index < -0.39 is 16.6 Å². The van der Waals surface area contributed by atoms with Gasteiger partial charge in [-0.15, -0.1) is 0 Å². The van der Waals surface area contributed by atoms with E-state index >= 15 is 0 Å². The van der Waals surface area contributed by atoms with Crippen LogP contribution in [-0.2, 0) is 4.74 Å². The molecule has 0 bridgehead atoms. The number of likely N-dealkylation sites (tertiary alicyclic amines) is 1. The lowest BCUT2D eigenvalue weighted by atomic mass is 9.58. The second-order valence-corrected chi connectivity index (χ2v) is 7.33. The zero-order chi connectivity index (χ0) is 15.0. The molecule has 2 aliphatic rings. The van der Waals surface area contributed by atoms with E-state index in [-0.39, 0.29) is 12.7 Å². The van der Waals surface area contributed by atoms with Crippen LogP contribution < -0.4 is 0 Å². The summed E-state index contributed by atoms with van der Waals surface area (Å²) in [6, 6.07) is 0. The maximum absolute atomic E-state index is 12.2. The van der Waals surface area contributed by atoms with E-state index in [0.29, 0.717) is 13.1 Å². The van der Waals surface area contributed by atoms with Crippen LogP contribution in [0.3, 0.4) is 0 Å². The lowest BCUT2D eigenvalue weighted by Gasteiger charge is -2.55. The van der Waals surface area contributed by atoms with E-state index in [1.807, 2.05) is 20.8 Å². The van der Waals surface area contributed by atoms with Crippen molar-refractivity contribution in [1.29, 1.82) is 0 Å². The first-order valence-electron chi connectivity index (χ1n) is 7.53. The van der Waals surface area contributed by atoms with Gasteiger partial charge in [-0.2, -0.15) is 0 Å². The van der Waals surface area contributed by atoms with Crippen molar-refractivity contribution in [3.63, 3.8) is 0 Å². The molecule has 1 heterocycles. The maximum atomic E-state index is 12.2. The summed E-state index contributed by atoms with van der Waals surface area (Å²) in [6.45, 7) is 6.46. The summed E-state index contributed by atoms with van der Waals surface area (Å²) in [5, 5.41) is 20.5. The molecule has 1 saturated heterocycles. The van der Waals surface area contributed by atoms with Gasteiger partial charge in [-0.25, -0.2) is 4.79 Å². The standard InChI is InChI=1S/C15H27NO4/c1-13(2,3)20-12(18)16-9-5-6-14(10-16,11-17)15(19)7-4-8-15/h17,19H,4-11H2,1-3H3. The Bertz CT molecular complexity index is 373. The van der Waals surface area contributed by atoms with Crippen LogP contribution in [-0.4, -0.2) is 52.1 Å². The van der Waals surface area contributed by atoms with Gasteiger partial charge in [0.15, 0.2) is 0 Å². The van der Waals surface area contributed by atoms with E-state index in [4.69, 9.17) is 4.74 Å². The average molecular weight is 285 g/mol. The lowest BCUT2D eigenvalue weighted by Crippen LogP contribution is -2.62. The first-order valence-corrected chi connectivity index (χ1v) is 7.53. The fourth-order valence-corrected chi connectivity index (χ4v) is 3.31. The van der Waals surface area contributed by atoms with E-state index in [1.165, 1.54) is 0 Å². The Balaban J connectivity index is 2.09. The van der Waals surface area contributed by atoms with Gasteiger partial charge < -0.3 is 19.8 Å². The topological polar surface area (TPSA) is 70.0 Å². The maximum Gasteiger partial charge on any atom is 0.410 e. The first-order chi connectivity index (χ1) is 9.21. The van der Waals surface area contributed by atoms with Gasteiger partial charge in [-0.1, -0.05) is 0 Å². The zero-order valence-electron chi connectivity index (χ0n) is 12.8. The predicted molar refractivity (Wildman–Crippen MR) is 75.4 cm³/mol. The third-order valence-electron chi connectivity index (χ3n) is 4.70. The van der Waals surface area contributed by atoms with Gasteiger partial charge in [-0.05, 0) is 52.9 Å². The molecule has 1 aliphatic heterocycles. The number of carbonyl (C=O) groups excluding carboxylic acids is 1. The molecule has 0 aromatic heterocycles. The number of nitrogens with zero attached hydrogens (tertiary/aromatic N) is 1. The molecule has 0 radical (unpaired) electrons. The smallest absolute Gasteiger partial charge is 0.410 e. The summed E-state index contributed by atoms with van der Waals surface area (Å²) in [6.07, 6.45) is 3.63. The number of piperidine rings is 1. The monoisotopic (exact) mass is 285 g/mol. The molecule has 5 heteroatoms. The Kier molecular flexibility index (Phi) is 4.04. The molecule has 5 nitrogen and oxygen atoms in total. The largest absolute Gasteiger partial charge is 0.444 e. The summed E-state index contributed by atoms with van der Waals surface area (Å²) < 4.78 is 5.40. The quantitative estimate of drug-likeness (QED) is 0.813. The predicted octanol–water partition coefficient (Wildman–Crippen LogP) is 1.91. The molecule has 1 aliphatic carbocycles. The van der Waals surface area contributed by atoms with Gasteiger partial charge in [-0.3, -0.25) is 0 Å².